The van der Waals surface area contributed by atoms with Crippen LogP contribution in [0.1, 0.15) is 25.5 Å². The van der Waals surface area contributed by atoms with Gasteiger partial charge in [-0.25, -0.2) is 19.3 Å². The number of thioether (sulfide) groups is 1. The maximum atomic E-state index is 13.9. The van der Waals surface area contributed by atoms with Crippen LogP contribution in [0.2, 0.25) is 0 Å². The van der Waals surface area contributed by atoms with Crippen LogP contribution < -0.4 is 5.32 Å². The largest absolute Gasteiger partial charge is 0.391 e. The number of aliphatic hydroxyl groups is 3. The smallest absolute Gasteiger partial charge is 0.167 e. The highest BCUT2D eigenvalue weighted by molar-refractivity contribution is 7.99. The molecule has 32 heavy (non-hydrogen) atoms. The molecule has 1 aliphatic carbocycles. The van der Waals surface area contributed by atoms with Gasteiger partial charge >= 0.3 is 0 Å². The number of anilines is 1. The van der Waals surface area contributed by atoms with E-state index in [0.29, 0.717) is 21.9 Å². The van der Waals surface area contributed by atoms with Crippen molar-refractivity contribution in [1.29, 1.82) is 0 Å². The zero-order chi connectivity index (χ0) is 22.2. The third-order valence-corrected chi connectivity index (χ3v) is 7.15. The van der Waals surface area contributed by atoms with Crippen LogP contribution in [-0.2, 0) is 4.74 Å². The molecule has 6 atom stereocenters. The first-order valence-electron chi connectivity index (χ1n) is 10.5. The predicted octanol–water partition coefficient (Wildman–Crippen LogP) is 1.70. The van der Waals surface area contributed by atoms with E-state index in [1.165, 1.54) is 30.5 Å². The third kappa shape index (κ3) is 3.95. The van der Waals surface area contributed by atoms with Gasteiger partial charge in [-0.15, -0.1) is 11.8 Å². The van der Waals surface area contributed by atoms with Crippen molar-refractivity contribution in [2.45, 2.75) is 60.8 Å². The second-order valence-corrected chi connectivity index (χ2v) is 9.14. The summed E-state index contributed by atoms with van der Waals surface area (Å²) in [5, 5.41) is 34.5. The molecule has 2 aromatic heterocycles. The fraction of sp³-hybridized carbons (Fsp3) is 0.476. The lowest BCUT2D eigenvalue weighted by Gasteiger charge is -2.18. The monoisotopic (exact) mass is 461 g/mol. The number of nitrogens with zero attached hydrogens (tertiary/aromatic N) is 4. The van der Waals surface area contributed by atoms with E-state index in [4.69, 9.17) is 4.74 Å². The lowest BCUT2D eigenvalue weighted by atomic mass is 10.1. The van der Waals surface area contributed by atoms with Gasteiger partial charge in [0, 0.05) is 10.6 Å². The minimum atomic E-state index is -1.21. The van der Waals surface area contributed by atoms with E-state index >= 15 is 0 Å². The maximum Gasteiger partial charge on any atom is 0.167 e. The molecule has 2 fully saturated rings. The summed E-state index contributed by atoms with van der Waals surface area (Å²) < 4.78 is 21.4. The average molecular weight is 462 g/mol. The summed E-state index contributed by atoms with van der Waals surface area (Å²) in [4.78, 5) is 13.4. The van der Waals surface area contributed by atoms with Gasteiger partial charge in [0.2, 0.25) is 0 Å². The summed E-state index contributed by atoms with van der Waals surface area (Å²) in [6.45, 7) is 0. The molecule has 9 nitrogen and oxygen atoms in total. The molecule has 4 N–H and O–H groups in total. The summed E-state index contributed by atoms with van der Waals surface area (Å²) in [6, 6.07) is 6.28. The van der Waals surface area contributed by atoms with Gasteiger partial charge in [-0.1, -0.05) is 12.1 Å². The standard InChI is InChI=1S/C21H24FN5O4S/c22-11-4-1-2-7-15(11)32-8-14-17(29)18(30)21(31-14)27-10-25-16-19(23-9-24-20(16)27)26-12-5-3-6-13(12)28/h1-2,4,7,9-10,12-14,17-18,21,28-30H,3,5-6,8H2,(H,23,24,26)/t12-,13-,14-,17?,18+,21-/m1/s1. The van der Waals surface area contributed by atoms with Crippen LogP contribution in [0.25, 0.3) is 11.2 Å². The number of rotatable bonds is 6. The van der Waals surface area contributed by atoms with Gasteiger partial charge < -0.3 is 25.4 Å². The molecule has 11 heteroatoms. The molecule has 1 aromatic carbocycles. The van der Waals surface area contributed by atoms with E-state index in [2.05, 4.69) is 20.3 Å². The molecule has 0 amide bonds. The Morgan fingerprint density at radius 2 is 1.97 bits per heavy atom. The topological polar surface area (TPSA) is 126 Å². The Balaban J connectivity index is 1.34. The summed E-state index contributed by atoms with van der Waals surface area (Å²) in [5.74, 6) is 0.426. The lowest BCUT2D eigenvalue weighted by Crippen LogP contribution is -2.32. The van der Waals surface area contributed by atoms with Crippen LogP contribution in [0.4, 0.5) is 10.2 Å². The highest BCUT2D eigenvalue weighted by atomic mass is 32.2. The van der Waals surface area contributed by atoms with Crippen molar-refractivity contribution < 1.29 is 24.4 Å². The summed E-state index contributed by atoms with van der Waals surface area (Å²) in [7, 11) is 0. The fourth-order valence-corrected chi connectivity index (χ4v) is 5.26. The minimum Gasteiger partial charge on any atom is -0.391 e. The van der Waals surface area contributed by atoms with Gasteiger partial charge in [-0.2, -0.15) is 0 Å². The van der Waals surface area contributed by atoms with Crippen molar-refractivity contribution in [1.82, 2.24) is 19.5 Å². The Labute approximate surface area is 187 Å². The van der Waals surface area contributed by atoms with E-state index in [1.807, 2.05) is 0 Å². The molecular weight excluding hydrogens is 437 g/mol. The Morgan fingerprint density at radius 3 is 2.75 bits per heavy atom. The number of nitrogens with one attached hydrogen (secondary N) is 1. The number of fused-ring (bicyclic) bond motifs is 1. The van der Waals surface area contributed by atoms with Crippen LogP contribution in [0.3, 0.4) is 0 Å². The Morgan fingerprint density at radius 1 is 1.12 bits per heavy atom. The van der Waals surface area contributed by atoms with E-state index < -0.39 is 30.6 Å². The Kier molecular flexibility index (Phi) is 5.99. The number of hydrogen-bond donors (Lipinski definition) is 4. The van der Waals surface area contributed by atoms with Crippen molar-refractivity contribution in [3.05, 3.63) is 42.7 Å². The fourth-order valence-electron chi connectivity index (χ4n) is 4.26. The van der Waals surface area contributed by atoms with Crippen molar-refractivity contribution >= 4 is 28.7 Å². The number of ether oxygens (including phenoxy) is 1. The van der Waals surface area contributed by atoms with Crippen molar-refractivity contribution in [2.24, 2.45) is 0 Å². The first-order chi connectivity index (χ1) is 15.5. The van der Waals surface area contributed by atoms with Crippen molar-refractivity contribution in [3.63, 3.8) is 0 Å². The van der Waals surface area contributed by atoms with Crippen molar-refractivity contribution in [2.75, 3.05) is 11.1 Å². The Bertz CT molecular complexity index is 1100. The van der Waals surface area contributed by atoms with Crippen LogP contribution in [0, 0.1) is 5.82 Å². The minimum absolute atomic E-state index is 0.104. The molecule has 0 bridgehead atoms. The van der Waals surface area contributed by atoms with E-state index in [9.17, 15) is 19.7 Å². The second kappa shape index (κ2) is 8.91. The van der Waals surface area contributed by atoms with Crippen LogP contribution in [0.15, 0.2) is 41.8 Å². The summed E-state index contributed by atoms with van der Waals surface area (Å²) >= 11 is 1.22. The number of aromatic nitrogens is 4. The molecule has 5 rings (SSSR count). The number of hydrogen-bond acceptors (Lipinski definition) is 9. The average Bonchev–Trinajstić information content (AvgIpc) is 3.47. The first-order valence-corrected chi connectivity index (χ1v) is 11.5. The van der Waals surface area contributed by atoms with E-state index in [0.717, 1.165) is 19.3 Å². The lowest BCUT2D eigenvalue weighted by molar-refractivity contribution is -0.0289. The van der Waals surface area contributed by atoms with E-state index in [-0.39, 0.29) is 17.6 Å². The normalized spacial score (nSPS) is 30.2. The van der Waals surface area contributed by atoms with Crippen molar-refractivity contribution in [3.8, 4) is 0 Å². The molecule has 3 heterocycles. The van der Waals surface area contributed by atoms with Gasteiger partial charge in [-0.3, -0.25) is 4.57 Å². The van der Waals surface area contributed by atoms with Gasteiger partial charge in [0.1, 0.15) is 24.4 Å². The number of halogens is 1. The molecule has 170 valence electrons. The zero-order valence-electron chi connectivity index (χ0n) is 17.1. The van der Waals surface area contributed by atoms with Crippen LogP contribution in [-0.4, -0.2) is 71.0 Å². The molecule has 3 aromatic rings. The molecule has 1 saturated carbocycles. The Hall–Kier alpha value is -2.31. The predicted molar refractivity (Wildman–Crippen MR) is 116 cm³/mol. The molecular formula is C21H24FN5O4S. The molecule has 1 saturated heterocycles. The van der Waals surface area contributed by atoms with Gasteiger partial charge in [0.05, 0.1) is 24.6 Å². The van der Waals surface area contributed by atoms with Gasteiger partial charge in [0.15, 0.2) is 23.2 Å². The first kappa shape index (κ1) is 21.5. The molecule has 0 spiro atoms. The summed E-state index contributed by atoms with van der Waals surface area (Å²) in [5.41, 5.74) is 0.926. The van der Waals surface area contributed by atoms with Gasteiger partial charge in [0.25, 0.3) is 0 Å². The summed E-state index contributed by atoms with van der Waals surface area (Å²) in [6.07, 6.45) is 0.990. The molecule has 2 aliphatic rings. The molecule has 1 aliphatic heterocycles. The van der Waals surface area contributed by atoms with Gasteiger partial charge in [-0.05, 0) is 31.4 Å². The second-order valence-electron chi connectivity index (χ2n) is 8.08. The number of aliphatic hydroxyl groups excluding tert-OH is 3. The highest BCUT2D eigenvalue weighted by Crippen LogP contribution is 2.35. The zero-order valence-corrected chi connectivity index (χ0v) is 17.9. The number of benzene rings is 1. The molecule has 1 unspecified atom stereocenters. The van der Waals surface area contributed by atoms with E-state index in [1.54, 1.807) is 22.8 Å². The highest BCUT2D eigenvalue weighted by Gasteiger charge is 2.44. The SMILES string of the molecule is OC1[C@@H](CSc2ccccc2F)O[C@@H](n2cnc3c(N[C@@H]4CCC[C@H]4O)ncnc32)[C@H]1O. The van der Waals surface area contributed by atoms with Crippen LogP contribution >= 0.6 is 11.8 Å². The quantitative estimate of drug-likeness (QED) is 0.406. The molecule has 0 radical (unpaired) electrons. The van der Waals surface area contributed by atoms with Crippen LogP contribution in [0.5, 0.6) is 0 Å². The third-order valence-electron chi connectivity index (χ3n) is 6.01. The number of imidazole rings is 1. The maximum absolute atomic E-state index is 13.9.